The van der Waals surface area contributed by atoms with E-state index in [1.54, 1.807) is 0 Å². The summed E-state index contributed by atoms with van der Waals surface area (Å²) in [5.74, 6) is 1.40. The monoisotopic (exact) mass is 224 g/mol. The fourth-order valence-corrected chi connectivity index (χ4v) is 1.76. The zero-order valence-electron chi connectivity index (χ0n) is 10.4. The second-order valence-electron chi connectivity index (χ2n) is 4.25. The lowest BCUT2D eigenvalue weighted by Crippen LogP contribution is -2.00. The third-order valence-electron chi connectivity index (χ3n) is 2.60. The zero-order chi connectivity index (χ0) is 12.0. The number of benzene rings is 1. The zero-order valence-corrected chi connectivity index (χ0v) is 10.4. The van der Waals surface area contributed by atoms with Crippen molar-refractivity contribution in [3.05, 3.63) is 29.3 Å². The molecule has 0 atom stereocenters. The van der Waals surface area contributed by atoms with E-state index in [9.17, 15) is 4.39 Å². The summed E-state index contributed by atoms with van der Waals surface area (Å²) in [5.41, 5.74) is 2.42. The largest absolute Gasteiger partial charge is 0.494 e. The minimum absolute atomic E-state index is 0.246. The second-order valence-corrected chi connectivity index (χ2v) is 4.25. The summed E-state index contributed by atoms with van der Waals surface area (Å²) >= 11 is 0. The molecule has 0 aliphatic carbocycles. The lowest BCUT2D eigenvalue weighted by Gasteiger charge is -2.14. The first kappa shape index (κ1) is 13.0. The van der Waals surface area contributed by atoms with Crippen molar-refractivity contribution in [3.63, 3.8) is 0 Å². The normalized spacial score (nSPS) is 10.8. The standard InChI is InChI=1S/C14H21FO/c1-4-16-14-8-7-12(6-5-9-15)10-13(14)11(2)3/h7-8,10-11H,4-6,9H2,1-3H3. The second kappa shape index (κ2) is 6.51. The Hall–Kier alpha value is -1.05. The Labute approximate surface area is 97.6 Å². The van der Waals surface area contributed by atoms with Crippen LogP contribution in [0.4, 0.5) is 4.39 Å². The van der Waals surface area contributed by atoms with Crippen molar-refractivity contribution < 1.29 is 9.13 Å². The van der Waals surface area contributed by atoms with Crippen molar-refractivity contribution in [1.82, 2.24) is 0 Å². The number of ether oxygens (including phenoxy) is 1. The minimum atomic E-state index is -0.246. The Balaban J connectivity index is 2.88. The molecule has 0 bridgehead atoms. The fraction of sp³-hybridized carbons (Fsp3) is 0.571. The van der Waals surface area contributed by atoms with Crippen molar-refractivity contribution in [2.75, 3.05) is 13.3 Å². The van der Waals surface area contributed by atoms with Gasteiger partial charge < -0.3 is 4.74 Å². The molecule has 1 rings (SSSR count). The summed E-state index contributed by atoms with van der Waals surface area (Å²) in [4.78, 5) is 0. The van der Waals surface area contributed by atoms with Crippen molar-refractivity contribution in [2.45, 2.75) is 39.5 Å². The maximum absolute atomic E-state index is 12.1. The third-order valence-corrected chi connectivity index (χ3v) is 2.60. The molecule has 1 nitrogen and oxygen atoms in total. The number of aryl methyl sites for hydroxylation is 1. The van der Waals surface area contributed by atoms with Crippen LogP contribution in [0.2, 0.25) is 0 Å². The van der Waals surface area contributed by atoms with Crippen LogP contribution in [0.5, 0.6) is 5.75 Å². The first-order chi connectivity index (χ1) is 7.69. The quantitative estimate of drug-likeness (QED) is 0.706. The van der Waals surface area contributed by atoms with Crippen LogP contribution in [-0.4, -0.2) is 13.3 Å². The first-order valence-corrected chi connectivity index (χ1v) is 6.00. The molecule has 0 aliphatic rings. The number of hydrogen-bond donors (Lipinski definition) is 0. The van der Waals surface area contributed by atoms with Gasteiger partial charge in [0.2, 0.25) is 0 Å². The summed E-state index contributed by atoms with van der Waals surface area (Å²) in [6.07, 6.45) is 1.41. The molecule has 1 aromatic carbocycles. The molecule has 0 aliphatic heterocycles. The molecule has 0 heterocycles. The van der Waals surface area contributed by atoms with Gasteiger partial charge in [0.15, 0.2) is 0 Å². The Bertz CT molecular complexity index is 321. The Morgan fingerprint density at radius 2 is 2.06 bits per heavy atom. The summed E-state index contributed by atoms with van der Waals surface area (Å²) in [7, 11) is 0. The van der Waals surface area contributed by atoms with Crippen LogP contribution in [0.1, 0.15) is 44.2 Å². The highest BCUT2D eigenvalue weighted by molar-refractivity contribution is 5.39. The van der Waals surface area contributed by atoms with Crippen molar-refractivity contribution in [2.24, 2.45) is 0 Å². The van der Waals surface area contributed by atoms with E-state index in [1.165, 1.54) is 11.1 Å². The van der Waals surface area contributed by atoms with E-state index in [2.05, 4.69) is 19.9 Å². The minimum Gasteiger partial charge on any atom is -0.494 e. The molecular formula is C14H21FO. The molecular weight excluding hydrogens is 203 g/mol. The van der Waals surface area contributed by atoms with Gasteiger partial charge in [0.25, 0.3) is 0 Å². The van der Waals surface area contributed by atoms with Crippen LogP contribution in [0.15, 0.2) is 18.2 Å². The van der Waals surface area contributed by atoms with Gasteiger partial charge in [-0.3, -0.25) is 4.39 Å². The predicted octanol–water partition coefficient (Wildman–Crippen LogP) is 4.11. The number of halogens is 1. The predicted molar refractivity (Wildman–Crippen MR) is 66.0 cm³/mol. The van der Waals surface area contributed by atoms with Crippen LogP contribution in [0.3, 0.4) is 0 Å². The fourth-order valence-electron chi connectivity index (χ4n) is 1.76. The first-order valence-electron chi connectivity index (χ1n) is 6.00. The van der Waals surface area contributed by atoms with E-state index >= 15 is 0 Å². The van der Waals surface area contributed by atoms with Crippen LogP contribution in [0.25, 0.3) is 0 Å². The number of hydrogen-bond acceptors (Lipinski definition) is 1. The number of alkyl halides is 1. The topological polar surface area (TPSA) is 9.23 Å². The van der Waals surface area contributed by atoms with Gasteiger partial charge in [-0.2, -0.15) is 0 Å². The van der Waals surface area contributed by atoms with Gasteiger partial charge in [-0.25, -0.2) is 0 Å². The summed E-state index contributed by atoms with van der Waals surface area (Å²) in [6.45, 7) is 6.72. The van der Waals surface area contributed by atoms with Gasteiger partial charge in [-0.1, -0.05) is 26.0 Å². The third kappa shape index (κ3) is 3.51. The Kier molecular flexibility index (Phi) is 5.30. The van der Waals surface area contributed by atoms with Crippen molar-refractivity contribution in [3.8, 4) is 5.75 Å². The van der Waals surface area contributed by atoms with Gasteiger partial charge in [0.1, 0.15) is 5.75 Å². The lowest BCUT2D eigenvalue weighted by atomic mass is 9.98. The van der Waals surface area contributed by atoms with E-state index < -0.39 is 0 Å². The van der Waals surface area contributed by atoms with Crippen LogP contribution < -0.4 is 4.74 Å². The van der Waals surface area contributed by atoms with Gasteiger partial charge >= 0.3 is 0 Å². The Morgan fingerprint density at radius 1 is 1.31 bits per heavy atom. The molecule has 0 saturated carbocycles. The average molecular weight is 224 g/mol. The van der Waals surface area contributed by atoms with Crippen LogP contribution >= 0.6 is 0 Å². The van der Waals surface area contributed by atoms with Crippen LogP contribution in [-0.2, 0) is 6.42 Å². The van der Waals surface area contributed by atoms with Crippen molar-refractivity contribution in [1.29, 1.82) is 0 Å². The van der Waals surface area contributed by atoms with E-state index in [0.717, 1.165) is 12.2 Å². The van der Waals surface area contributed by atoms with Gasteiger partial charge in [0, 0.05) is 0 Å². The van der Waals surface area contributed by atoms with Gasteiger partial charge in [-0.15, -0.1) is 0 Å². The summed E-state index contributed by atoms with van der Waals surface area (Å²) in [5, 5.41) is 0. The highest BCUT2D eigenvalue weighted by Crippen LogP contribution is 2.28. The molecule has 0 amide bonds. The van der Waals surface area contributed by atoms with Crippen LogP contribution in [0, 0.1) is 0 Å². The highest BCUT2D eigenvalue weighted by Gasteiger charge is 2.08. The molecule has 0 N–H and O–H groups in total. The van der Waals surface area contributed by atoms with E-state index in [-0.39, 0.29) is 6.67 Å². The lowest BCUT2D eigenvalue weighted by molar-refractivity contribution is 0.335. The molecule has 0 fully saturated rings. The van der Waals surface area contributed by atoms with E-state index in [1.807, 2.05) is 19.1 Å². The molecule has 0 aromatic heterocycles. The van der Waals surface area contributed by atoms with E-state index in [4.69, 9.17) is 4.74 Å². The molecule has 0 spiro atoms. The molecule has 0 radical (unpaired) electrons. The highest BCUT2D eigenvalue weighted by atomic mass is 19.1. The van der Waals surface area contributed by atoms with Gasteiger partial charge in [-0.05, 0) is 42.9 Å². The molecule has 0 saturated heterocycles. The number of rotatable bonds is 6. The average Bonchev–Trinajstić information content (AvgIpc) is 2.27. The van der Waals surface area contributed by atoms with Crippen molar-refractivity contribution >= 4 is 0 Å². The smallest absolute Gasteiger partial charge is 0.122 e. The maximum atomic E-state index is 12.1. The Morgan fingerprint density at radius 3 is 2.62 bits per heavy atom. The van der Waals surface area contributed by atoms with Gasteiger partial charge in [0.05, 0.1) is 13.3 Å². The molecule has 0 unspecified atom stereocenters. The maximum Gasteiger partial charge on any atom is 0.122 e. The summed E-state index contributed by atoms with van der Waals surface area (Å²) < 4.78 is 17.7. The SMILES string of the molecule is CCOc1ccc(CCCF)cc1C(C)C. The molecule has 90 valence electrons. The van der Waals surface area contributed by atoms with E-state index in [0.29, 0.717) is 18.9 Å². The molecule has 2 heteroatoms. The molecule has 16 heavy (non-hydrogen) atoms. The molecule has 1 aromatic rings. The summed E-state index contributed by atoms with van der Waals surface area (Å²) in [6, 6.07) is 6.18.